The highest BCUT2D eigenvalue weighted by Crippen LogP contribution is 2.32. The Labute approximate surface area is 133 Å². The standard InChI is InChI=1S/C16H18N2O5/c1-16(2,3)18-14(21)10(13(20)17-15(18)22)8-9-6-5-7-11(23-4)12(9)19/h5-8,19H,1-4H3,(H,17,20,22)/b10-8+. The number of phenolic OH excluding ortho intramolecular Hbond substituents is 1. The van der Waals surface area contributed by atoms with Crippen molar-refractivity contribution >= 4 is 23.9 Å². The number of ether oxygens (including phenoxy) is 1. The Bertz CT molecular complexity index is 716. The number of barbiturate groups is 1. The number of para-hydroxylation sites is 1. The second kappa shape index (κ2) is 5.75. The van der Waals surface area contributed by atoms with Crippen LogP contribution < -0.4 is 10.1 Å². The first-order valence-electron chi connectivity index (χ1n) is 6.94. The van der Waals surface area contributed by atoms with Crippen LogP contribution in [0.5, 0.6) is 11.5 Å². The van der Waals surface area contributed by atoms with Gasteiger partial charge in [-0.15, -0.1) is 0 Å². The lowest BCUT2D eigenvalue weighted by Crippen LogP contribution is -2.60. The summed E-state index contributed by atoms with van der Waals surface area (Å²) < 4.78 is 4.99. The first-order valence-corrected chi connectivity index (χ1v) is 6.94. The predicted molar refractivity (Wildman–Crippen MR) is 82.8 cm³/mol. The summed E-state index contributed by atoms with van der Waals surface area (Å²) in [4.78, 5) is 37.4. The molecule has 0 bridgehead atoms. The molecule has 0 saturated carbocycles. The topological polar surface area (TPSA) is 95.9 Å². The van der Waals surface area contributed by atoms with E-state index in [0.717, 1.165) is 4.90 Å². The molecule has 1 saturated heterocycles. The van der Waals surface area contributed by atoms with Crippen LogP contribution in [0, 0.1) is 0 Å². The van der Waals surface area contributed by atoms with Crippen molar-refractivity contribution in [3.05, 3.63) is 29.3 Å². The fraction of sp³-hybridized carbons (Fsp3) is 0.312. The van der Waals surface area contributed by atoms with E-state index >= 15 is 0 Å². The maximum atomic E-state index is 12.5. The molecule has 1 aliphatic heterocycles. The molecule has 1 aromatic carbocycles. The highest BCUT2D eigenvalue weighted by atomic mass is 16.5. The van der Waals surface area contributed by atoms with Gasteiger partial charge in [0.2, 0.25) is 0 Å². The number of amides is 4. The lowest BCUT2D eigenvalue weighted by Gasteiger charge is -2.36. The van der Waals surface area contributed by atoms with Crippen LogP contribution in [-0.2, 0) is 9.59 Å². The summed E-state index contributed by atoms with van der Waals surface area (Å²) >= 11 is 0. The third-order valence-electron chi connectivity index (χ3n) is 3.32. The average molecular weight is 318 g/mol. The second-order valence-corrected chi connectivity index (χ2v) is 6.03. The number of urea groups is 1. The van der Waals surface area contributed by atoms with Gasteiger partial charge in [-0.2, -0.15) is 0 Å². The van der Waals surface area contributed by atoms with Crippen molar-refractivity contribution in [2.75, 3.05) is 7.11 Å². The molecular formula is C16H18N2O5. The highest BCUT2D eigenvalue weighted by molar-refractivity contribution is 6.31. The molecule has 0 radical (unpaired) electrons. The van der Waals surface area contributed by atoms with E-state index in [-0.39, 0.29) is 22.6 Å². The highest BCUT2D eigenvalue weighted by Gasteiger charge is 2.41. The molecule has 122 valence electrons. The quantitative estimate of drug-likeness (QED) is 0.638. The van der Waals surface area contributed by atoms with Crippen LogP contribution in [0.15, 0.2) is 23.8 Å². The second-order valence-electron chi connectivity index (χ2n) is 6.03. The van der Waals surface area contributed by atoms with E-state index in [1.165, 1.54) is 19.3 Å². The number of phenols is 1. The number of hydrogen-bond acceptors (Lipinski definition) is 5. The summed E-state index contributed by atoms with van der Waals surface area (Å²) in [5.41, 5.74) is -0.786. The molecule has 1 aliphatic rings. The number of nitrogens with zero attached hydrogens (tertiary/aromatic N) is 1. The van der Waals surface area contributed by atoms with Gasteiger partial charge < -0.3 is 9.84 Å². The summed E-state index contributed by atoms with van der Waals surface area (Å²) in [5.74, 6) is -1.50. The summed E-state index contributed by atoms with van der Waals surface area (Å²) in [6.45, 7) is 5.04. The first kappa shape index (κ1) is 16.5. The SMILES string of the molecule is COc1cccc(/C=C2\C(=O)NC(=O)N(C(C)(C)C)C2=O)c1O. The lowest BCUT2D eigenvalue weighted by molar-refractivity contribution is -0.133. The smallest absolute Gasteiger partial charge is 0.331 e. The molecule has 0 aliphatic carbocycles. The number of rotatable bonds is 2. The Morgan fingerprint density at radius 1 is 1.22 bits per heavy atom. The van der Waals surface area contributed by atoms with E-state index in [9.17, 15) is 19.5 Å². The number of aromatic hydroxyl groups is 1. The third-order valence-corrected chi connectivity index (χ3v) is 3.32. The fourth-order valence-electron chi connectivity index (χ4n) is 2.24. The minimum atomic E-state index is -0.803. The Morgan fingerprint density at radius 3 is 2.43 bits per heavy atom. The van der Waals surface area contributed by atoms with Crippen molar-refractivity contribution in [1.82, 2.24) is 10.2 Å². The minimum absolute atomic E-state index is 0.192. The largest absolute Gasteiger partial charge is 0.504 e. The molecule has 1 heterocycles. The Balaban J connectivity index is 2.51. The van der Waals surface area contributed by atoms with Gasteiger partial charge in [0.05, 0.1) is 7.11 Å². The minimum Gasteiger partial charge on any atom is -0.504 e. The van der Waals surface area contributed by atoms with Gasteiger partial charge in [0, 0.05) is 11.1 Å². The molecule has 2 rings (SSSR count). The zero-order chi connectivity index (χ0) is 17.4. The zero-order valence-corrected chi connectivity index (χ0v) is 13.3. The van der Waals surface area contributed by atoms with Crippen molar-refractivity contribution in [3.63, 3.8) is 0 Å². The summed E-state index contributed by atoms with van der Waals surface area (Å²) in [5, 5.41) is 12.2. The zero-order valence-electron chi connectivity index (χ0n) is 13.3. The molecule has 1 fully saturated rings. The monoisotopic (exact) mass is 318 g/mol. The number of carbonyl (C=O) groups is 3. The molecule has 7 nitrogen and oxygen atoms in total. The van der Waals surface area contributed by atoms with Crippen molar-refractivity contribution in [3.8, 4) is 11.5 Å². The van der Waals surface area contributed by atoms with Crippen LogP contribution in [0.25, 0.3) is 6.08 Å². The molecule has 0 atom stereocenters. The van der Waals surface area contributed by atoms with E-state index < -0.39 is 23.4 Å². The molecular weight excluding hydrogens is 300 g/mol. The van der Waals surface area contributed by atoms with Crippen molar-refractivity contribution in [2.24, 2.45) is 0 Å². The van der Waals surface area contributed by atoms with Crippen molar-refractivity contribution < 1.29 is 24.2 Å². The van der Waals surface area contributed by atoms with Crippen LogP contribution in [0.3, 0.4) is 0 Å². The molecule has 0 spiro atoms. The lowest BCUT2D eigenvalue weighted by atomic mass is 10.0. The van der Waals surface area contributed by atoms with Gasteiger partial charge in [-0.25, -0.2) is 4.79 Å². The van der Waals surface area contributed by atoms with Gasteiger partial charge in [0.25, 0.3) is 11.8 Å². The predicted octanol–water partition coefficient (Wildman–Crippen LogP) is 1.66. The third kappa shape index (κ3) is 3.03. The van der Waals surface area contributed by atoms with Gasteiger partial charge in [0.1, 0.15) is 5.57 Å². The number of nitrogens with one attached hydrogen (secondary N) is 1. The number of hydrogen-bond donors (Lipinski definition) is 2. The average Bonchev–Trinajstić information content (AvgIpc) is 2.43. The molecule has 0 unspecified atom stereocenters. The van der Waals surface area contributed by atoms with Crippen LogP contribution >= 0.6 is 0 Å². The van der Waals surface area contributed by atoms with Gasteiger partial charge in [0.15, 0.2) is 11.5 Å². The van der Waals surface area contributed by atoms with Crippen molar-refractivity contribution in [1.29, 1.82) is 0 Å². The van der Waals surface area contributed by atoms with Gasteiger partial charge >= 0.3 is 6.03 Å². The summed E-state index contributed by atoms with van der Waals surface area (Å²) in [7, 11) is 1.39. The Kier molecular flexibility index (Phi) is 4.14. The van der Waals surface area contributed by atoms with Gasteiger partial charge in [-0.1, -0.05) is 12.1 Å². The number of imide groups is 2. The molecule has 4 amide bonds. The summed E-state index contributed by atoms with van der Waals surface area (Å²) in [6, 6.07) is 3.93. The van der Waals surface area contributed by atoms with Crippen LogP contribution in [0.1, 0.15) is 26.3 Å². The normalized spacial score (nSPS) is 17.5. The van der Waals surface area contributed by atoms with E-state index in [1.54, 1.807) is 32.9 Å². The molecule has 1 aromatic rings. The maximum Gasteiger partial charge on any atom is 0.331 e. The molecule has 7 heteroatoms. The van der Waals surface area contributed by atoms with Crippen LogP contribution in [0.2, 0.25) is 0 Å². The van der Waals surface area contributed by atoms with E-state index in [1.807, 2.05) is 0 Å². The number of benzene rings is 1. The van der Waals surface area contributed by atoms with Crippen LogP contribution in [-0.4, -0.2) is 40.5 Å². The Morgan fingerprint density at radius 2 is 1.87 bits per heavy atom. The number of carbonyl (C=O) groups excluding carboxylic acids is 3. The Hall–Kier alpha value is -2.83. The maximum absolute atomic E-state index is 12.5. The van der Waals surface area contributed by atoms with Gasteiger partial charge in [-0.05, 0) is 32.9 Å². The van der Waals surface area contributed by atoms with Gasteiger partial charge in [-0.3, -0.25) is 19.8 Å². The van der Waals surface area contributed by atoms with E-state index in [2.05, 4.69) is 5.32 Å². The van der Waals surface area contributed by atoms with E-state index in [0.29, 0.717) is 0 Å². The molecule has 0 aromatic heterocycles. The van der Waals surface area contributed by atoms with Crippen LogP contribution in [0.4, 0.5) is 4.79 Å². The fourth-order valence-corrected chi connectivity index (χ4v) is 2.24. The van der Waals surface area contributed by atoms with Crippen molar-refractivity contribution in [2.45, 2.75) is 26.3 Å². The number of methoxy groups -OCH3 is 1. The summed E-state index contributed by atoms with van der Waals surface area (Å²) in [6.07, 6.45) is 1.24. The molecule has 23 heavy (non-hydrogen) atoms. The first-order chi connectivity index (χ1) is 10.7. The van der Waals surface area contributed by atoms with E-state index in [4.69, 9.17) is 4.74 Å². The molecule has 2 N–H and O–H groups in total.